The summed E-state index contributed by atoms with van der Waals surface area (Å²) >= 11 is 0. The molecule has 5 nitrogen and oxygen atoms in total. The highest BCUT2D eigenvalue weighted by Gasteiger charge is 2.41. The van der Waals surface area contributed by atoms with E-state index in [-0.39, 0.29) is 11.6 Å². The minimum atomic E-state index is -4.51. The smallest absolute Gasteiger partial charge is 0.371 e. The van der Waals surface area contributed by atoms with E-state index in [0.717, 1.165) is 6.42 Å². The first-order valence-electron chi connectivity index (χ1n) is 7.92. The molecule has 0 atom stereocenters. The second-order valence-electron chi connectivity index (χ2n) is 6.33. The van der Waals surface area contributed by atoms with Crippen molar-refractivity contribution in [2.24, 2.45) is 0 Å². The summed E-state index contributed by atoms with van der Waals surface area (Å²) in [7, 11) is 4.94. The van der Waals surface area contributed by atoms with Crippen LogP contribution in [0.4, 0.5) is 18.9 Å². The lowest BCUT2D eigenvalue weighted by Gasteiger charge is -2.26. The lowest BCUT2D eigenvalue weighted by molar-refractivity contribution is -0.140. The van der Waals surface area contributed by atoms with E-state index in [1.807, 2.05) is 0 Å². The lowest BCUT2D eigenvalue weighted by atomic mass is 10.1. The molecule has 2 aromatic rings. The van der Waals surface area contributed by atoms with E-state index in [1.165, 1.54) is 9.58 Å². The molecule has 3 rings (SSSR count). The van der Waals surface area contributed by atoms with Crippen molar-refractivity contribution in [3.63, 3.8) is 0 Å². The molecule has 0 saturated heterocycles. The van der Waals surface area contributed by atoms with Gasteiger partial charge in [0.05, 0.1) is 17.1 Å². The molecular weight excluding hydrogens is 333 g/mol. The first-order chi connectivity index (χ1) is 11.7. The first-order valence-corrected chi connectivity index (χ1v) is 7.92. The Morgan fingerprint density at radius 3 is 2.40 bits per heavy atom. The number of alkyl halides is 3. The zero-order chi connectivity index (χ0) is 18.4. The van der Waals surface area contributed by atoms with Crippen LogP contribution in [0, 0.1) is 0 Å². The Hall–Kier alpha value is -2.51. The molecule has 1 aromatic heterocycles. The van der Waals surface area contributed by atoms with Crippen LogP contribution < -0.4 is 4.90 Å². The van der Waals surface area contributed by atoms with Crippen LogP contribution in [-0.4, -0.2) is 48.3 Å². The predicted molar refractivity (Wildman–Crippen MR) is 88.2 cm³/mol. The Balaban J connectivity index is 2.07. The third-order valence-corrected chi connectivity index (χ3v) is 4.28. The molecule has 0 spiro atoms. The summed E-state index contributed by atoms with van der Waals surface area (Å²) < 4.78 is 41.5. The monoisotopic (exact) mass is 352 g/mol. The molecule has 0 N–H and O–H groups in total. The maximum Gasteiger partial charge on any atom is 0.437 e. The molecule has 8 heteroatoms. The van der Waals surface area contributed by atoms with Crippen molar-refractivity contribution in [2.45, 2.75) is 19.0 Å². The standard InChI is InChI=1S/C17H19F3N4O/c1-22(2)16(25)11-6-8-12(9-7-11)24-13-5-4-10-23(3)14(13)15(21-24)17(18,19)20/h6-9H,4-5,10H2,1-3H3. The van der Waals surface area contributed by atoms with E-state index < -0.39 is 11.9 Å². The average Bonchev–Trinajstić information content (AvgIpc) is 2.95. The Kier molecular flexibility index (Phi) is 4.22. The van der Waals surface area contributed by atoms with E-state index in [2.05, 4.69) is 5.10 Å². The Bertz CT molecular complexity index is 793. The lowest BCUT2D eigenvalue weighted by Crippen LogP contribution is -2.27. The van der Waals surface area contributed by atoms with E-state index in [4.69, 9.17) is 0 Å². The van der Waals surface area contributed by atoms with Gasteiger partial charge in [-0.3, -0.25) is 4.79 Å². The number of hydrogen-bond acceptors (Lipinski definition) is 3. The quantitative estimate of drug-likeness (QED) is 0.834. The number of carbonyl (C=O) groups is 1. The topological polar surface area (TPSA) is 41.4 Å². The number of benzene rings is 1. The van der Waals surface area contributed by atoms with Gasteiger partial charge in [0.1, 0.15) is 0 Å². The highest BCUT2D eigenvalue weighted by Crippen LogP contribution is 2.40. The zero-order valence-electron chi connectivity index (χ0n) is 14.3. The summed E-state index contributed by atoms with van der Waals surface area (Å²) in [6.07, 6.45) is -3.22. The fourth-order valence-corrected chi connectivity index (χ4v) is 3.07. The van der Waals surface area contributed by atoms with Gasteiger partial charge in [0.2, 0.25) is 0 Å². The van der Waals surface area contributed by atoms with Crippen LogP contribution in [0.15, 0.2) is 24.3 Å². The number of hydrogen-bond donors (Lipinski definition) is 0. The third-order valence-electron chi connectivity index (χ3n) is 4.28. The fourth-order valence-electron chi connectivity index (χ4n) is 3.07. The van der Waals surface area contributed by atoms with Crippen molar-refractivity contribution >= 4 is 11.6 Å². The van der Waals surface area contributed by atoms with Crippen molar-refractivity contribution < 1.29 is 18.0 Å². The van der Waals surface area contributed by atoms with Crippen LogP contribution in [0.25, 0.3) is 5.69 Å². The van der Waals surface area contributed by atoms with E-state index in [9.17, 15) is 18.0 Å². The highest BCUT2D eigenvalue weighted by atomic mass is 19.4. The third kappa shape index (κ3) is 3.08. The summed E-state index contributed by atoms with van der Waals surface area (Å²) in [6.45, 7) is 0.568. The summed E-state index contributed by atoms with van der Waals surface area (Å²) in [6, 6.07) is 6.45. The molecule has 0 fully saturated rings. The van der Waals surface area contributed by atoms with Gasteiger partial charge in [-0.05, 0) is 37.1 Å². The Morgan fingerprint density at radius 2 is 1.84 bits per heavy atom. The number of amides is 1. The Labute approximate surface area is 143 Å². The number of rotatable bonds is 2. The van der Waals surface area contributed by atoms with Crippen molar-refractivity contribution in [1.82, 2.24) is 14.7 Å². The maximum absolute atomic E-state index is 13.4. The SMILES string of the molecule is CN(C)C(=O)c1ccc(-n2nc(C(F)(F)F)c3c2CCCN3C)cc1. The molecule has 1 aromatic carbocycles. The summed E-state index contributed by atoms with van der Waals surface area (Å²) in [5, 5.41) is 3.85. The fraction of sp³-hybridized carbons (Fsp3) is 0.412. The summed E-state index contributed by atoms with van der Waals surface area (Å²) in [5.74, 6) is -0.162. The molecule has 1 aliphatic rings. The molecule has 1 amide bonds. The van der Waals surface area contributed by atoms with E-state index >= 15 is 0 Å². The molecule has 1 aliphatic heterocycles. The molecule has 2 heterocycles. The molecule has 0 saturated carbocycles. The number of fused-ring (bicyclic) bond motifs is 1. The number of aromatic nitrogens is 2. The first kappa shape index (κ1) is 17.3. The minimum Gasteiger partial charge on any atom is -0.371 e. The van der Waals surface area contributed by atoms with Crippen LogP contribution in [0.1, 0.15) is 28.2 Å². The van der Waals surface area contributed by atoms with Crippen LogP contribution in [0.5, 0.6) is 0 Å². The predicted octanol–water partition coefficient (Wildman–Crippen LogP) is 2.98. The average molecular weight is 352 g/mol. The van der Waals surface area contributed by atoms with Gasteiger partial charge in [-0.2, -0.15) is 18.3 Å². The van der Waals surface area contributed by atoms with Crippen molar-refractivity contribution in [3.05, 3.63) is 41.2 Å². The van der Waals surface area contributed by atoms with Gasteiger partial charge in [-0.25, -0.2) is 4.68 Å². The van der Waals surface area contributed by atoms with Gasteiger partial charge in [0.25, 0.3) is 5.91 Å². The normalized spacial score (nSPS) is 14.4. The molecule has 0 aliphatic carbocycles. The van der Waals surface area contributed by atoms with Gasteiger partial charge in [-0.15, -0.1) is 0 Å². The van der Waals surface area contributed by atoms with Crippen LogP contribution in [-0.2, 0) is 12.6 Å². The second-order valence-corrected chi connectivity index (χ2v) is 6.33. The van der Waals surface area contributed by atoms with E-state index in [1.54, 1.807) is 50.3 Å². The largest absolute Gasteiger partial charge is 0.437 e. The molecule has 0 bridgehead atoms. The van der Waals surface area contributed by atoms with Crippen LogP contribution in [0.3, 0.4) is 0 Å². The van der Waals surface area contributed by atoms with Crippen molar-refractivity contribution in [2.75, 3.05) is 32.6 Å². The van der Waals surface area contributed by atoms with Gasteiger partial charge in [0, 0.05) is 33.3 Å². The highest BCUT2D eigenvalue weighted by molar-refractivity contribution is 5.94. The van der Waals surface area contributed by atoms with Crippen molar-refractivity contribution in [1.29, 1.82) is 0 Å². The Morgan fingerprint density at radius 1 is 1.20 bits per heavy atom. The molecule has 25 heavy (non-hydrogen) atoms. The maximum atomic E-state index is 13.4. The summed E-state index contributed by atoms with van der Waals surface area (Å²) in [4.78, 5) is 15.0. The molecular formula is C17H19F3N4O. The van der Waals surface area contributed by atoms with Gasteiger partial charge >= 0.3 is 6.18 Å². The number of carbonyl (C=O) groups excluding carboxylic acids is 1. The number of halogens is 3. The van der Waals surface area contributed by atoms with Gasteiger partial charge in [0.15, 0.2) is 5.69 Å². The van der Waals surface area contributed by atoms with Crippen molar-refractivity contribution in [3.8, 4) is 5.69 Å². The van der Waals surface area contributed by atoms with Gasteiger partial charge < -0.3 is 9.80 Å². The van der Waals surface area contributed by atoms with Crippen LogP contribution >= 0.6 is 0 Å². The summed E-state index contributed by atoms with van der Waals surface area (Å²) in [5.41, 5.74) is 0.818. The molecule has 0 unspecified atom stereocenters. The minimum absolute atomic E-state index is 0.146. The zero-order valence-corrected chi connectivity index (χ0v) is 14.3. The van der Waals surface area contributed by atoms with E-state index in [0.29, 0.717) is 29.9 Å². The van der Waals surface area contributed by atoms with Gasteiger partial charge in [-0.1, -0.05) is 0 Å². The van der Waals surface area contributed by atoms with Crippen LogP contribution in [0.2, 0.25) is 0 Å². The molecule has 0 radical (unpaired) electrons. The second kappa shape index (κ2) is 6.09. The number of nitrogens with zero attached hydrogens (tertiary/aromatic N) is 4. The number of anilines is 1. The molecule has 134 valence electrons.